The van der Waals surface area contributed by atoms with Crippen molar-refractivity contribution >= 4 is 69.9 Å². The number of thiazole rings is 1. The predicted molar refractivity (Wildman–Crippen MR) is 129 cm³/mol. The summed E-state index contributed by atoms with van der Waals surface area (Å²) in [7, 11) is -3.87. The molecule has 0 aliphatic rings. The monoisotopic (exact) mass is 535 g/mol. The lowest BCUT2D eigenvalue weighted by Gasteiger charge is -2.17. The first kappa shape index (κ1) is 22.1. The fourth-order valence-corrected chi connectivity index (χ4v) is 7.19. The molecule has 0 saturated heterocycles. The molecule has 4 rings (SSSR count). The van der Waals surface area contributed by atoms with Crippen molar-refractivity contribution in [1.82, 2.24) is 9.71 Å². The number of halogens is 1. The number of anilines is 1. The fourth-order valence-electron chi connectivity index (χ4n) is 3.00. The molecule has 4 aromatic rings. The van der Waals surface area contributed by atoms with E-state index in [1.165, 1.54) is 17.4 Å². The number of benzene rings is 2. The van der Waals surface area contributed by atoms with E-state index >= 15 is 0 Å². The van der Waals surface area contributed by atoms with Gasteiger partial charge in [-0.25, -0.2) is 13.4 Å². The Hall–Kier alpha value is -2.11. The van der Waals surface area contributed by atoms with Gasteiger partial charge < -0.3 is 5.32 Å². The molecule has 1 atom stereocenters. The van der Waals surface area contributed by atoms with E-state index in [0.29, 0.717) is 8.92 Å². The van der Waals surface area contributed by atoms with E-state index in [4.69, 9.17) is 0 Å². The van der Waals surface area contributed by atoms with Crippen molar-refractivity contribution in [3.8, 4) is 0 Å². The minimum absolute atomic E-state index is 0.140. The molecule has 0 fully saturated rings. The van der Waals surface area contributed by atoms with E-state index in [1.54, 1.807) is 6.07 Å². The van der Waals surface area contributed by atoms with Gasteiger partial charge in [-0.3, -0.25) is 4.79 Å². The number of aryl methyl sites for hydroxylation is 1. The van der Waals surface area contributed by atoms with Gasteiger partial charge in [0.05, 0.1) is 14.0 Å². The third kappa shape index (κ3) is 5.39. The van der Waals surface area contributed by atoms with Crippen molar-refractivity contribution in [3.05, 3.63) is 75.6 Å². The topological polar surface area (TPSA) is 88.2 Å². The lowest BCUT2D eigenvalue weighted by molar-refractivity contribution is -0.117. The summed E-state index contributed by atoms with van der Waals surface area (Å²) in [4.78, 5) is 17.5. The summed E-state index contributed by atoms with van der Waals surface area (Å²) >= 11 is 5.72. The van der Waals surface area contributed by atoms with Crippen LogP contribution in [0.3, 0.4) is 0 Å². The number of nitrogens with zero attached hydrogens (tertiary/aromatic N) is 1. The summed E-state index contributed by atoms with van der Waals surface area (Å²) < 4.78 is 30.1. The average Bonchev–Trinajstić information content (AvgIpc) is 3.34. The summed E-state index contributed by atoms with van der Waals surface area (Å²) in [6, 6.07) is 17.3. The van der Waals surface area contributed by atoms with Crippen LogP contribution in [0.5, 0.6) is 0 Å². The van der Waals surface area contributed by atoms with Crippen LogP contribution in [0, 0.1) is 6.92 Å². The highest BCUT2D eigenvalue weighted by Crippen LogP contribution is 2.28. The van der Waals surface area contributed by atoms with Gasteiger partial charge in [-0.05, 0) is 64.7 Å². The summed E-state index contributed by atoms with van der Waals surface area (Å²) in [5, 5.41) is 3.22. The van der Waals surface area contributed by atoms with Crippen LogP contribution in [0.25, 0.3) is 10.2 Å². The molecule has 2 aromatic carbocycles. The Kier molecular flexibility index (Phi) is 6.54. The fraction of sp³-hybridized carbons (Fsp3) is 0.143. The van der Waals surface area contributed by atoms with E-state index in [2.05, 4.69) is 31.0 Å². The lowest BCUT2D eigenvalue weighted by atomic mass is 10.1. The summed E-state index contributed by atoms with van der Waals surface area (Å²) in [5.74, 6) is -0.459. The Balaban J connectivity index is 1.59. The van der Waals surface area contributed by atoms with Gasteiger partial charge in [0.15, 0.2) is 5.13 Å². The average molecular weight is 536 g/mol. The Morgan fingerprint density at radius 2 is 1.87 bits per heavy atom. The largest absolute Gasteiger partial charge is 0.301 e. The molecule has 2 aromatic heterocycles. The molecule has 0 aliphatic heterocycles. The molecule has 1 amide bonds. The van der Waals surface area contributed by atoms with E-state index < -0.39 is 22.0 Å². The highest BCUT2D eigenvalue weighted by Gasteiger charge is 2.28. The number of carbonyl (C=O) groups is 1. The molecule has 2 heterocycles. The molecule has 2 N–H and O–H groups in total. The molecule has 0 bridgehead atoms. The zero-order chi connectivity index (χ0) is 22.0. The zero-order valence-electron chi connectivity index (χ0n) is 16.3. The maximum absolute atomic E-state index is 13.1. The third-order valence-corrected chi connectivity index (χ3v) is 9.00. The van der Waals surface area contributed by atoms with Crippen molar-refractivity contribution in [2.24, 2.45) is 0 Å². The van der Waals surface area contributed by atoms with Crippen molar-refractivity contribution in [2.75, 3.05) is 5.32 Å². The number of nitrogens with one attached hydrogen (secondary N) is 2. The molecule has 0 saturated carbocycles. The smallest absolute Gasteiger partial charge is 0.250 e. The normalized spacial score (nSPS) is 12.7. The maximum Gasteiger partial charge on any atom is 0.250 e. The van der Waals surface area contributed by atoms with Crippen molar-refractivity contribution in [3.63, 3.8) is 0 Å². The Morgan fingerprint density at radius 1 is 1.10 bits per heavy atom. The number of rotatable bonds is 7. The van der Waals surface area contributed by atoms with Gasteiger partial charge in [0, 0.05) is 0 Å². The Morgan fingerprint density at radius 3 is 2.58 bits per heavy atom. The van der Waals surface area contributed by atoms with Crippen molar-refractivity contribution in [1.29, 1.82) is 0 Å². The van der Waals surface area contributed by atoms with Crippen LogP contribution in [0.15, 0.2) is 68.7 Å². The third-order valence-electron chi connectivity index (χ3n) is 4.48. The molecule has 0 aliphatic carbocycles. The molecule has 31 heavy (non-hydrogen) atoms. The number of thiophene rings is 1. The minimum Gasteiger partial charge on any atom is -0.301 e. The van der Waals surface area contributed by atoms with Gasteiger partial charge in [0.2, 0.25) is 5.91 Å². The minimum atomic E-state index is -3.87. The highest BCUT2D eigenvalue weighted by molar-refractivity contribution is 9.11. The van der Waals surface area contributed by atoms with Gasteiger partial charge in [-0.15, -0.1) is 11.3 Å². The maximum atomic E-state index is 13.1. The molecule has 0 radical (unpaired) electrons. The summed E-state index contributed by atoms with van der Waals surface area (Å²) in [6.07, 6.45) is 0.211. The van der Waals surface area contributed by atoms with Crippen LogP contribution in [0.2, 0.25) is 0 Å². The number of fused-ring (bicyclic) bond motifs is 1. The second-order valence-electron chi connectivity index (χ2n) is 6.90. The van der Waals surface area contributed by atoms with Crippen molar-refractivity contribution in [2.45, 2.75) is 23.6 Å². The Bertz CT molecular complexity index is 1330. The van der Waals surface area contributed by atoms with E-state index in [-0.39, 0.29) is 10.6 Å². The highest BCUT2D eigenvalue weighted by atomic mass is 79.9. The second-order valence-corrected chi connectivity index (χ2v) is 12.3. The van der Waals surface area contributed by atoms with Crippen LogP contribution in [0.1, 0.15) is 11.1 Å². The molecule has 0 spiro atoms. The molecule has 160 valence electrons. The van der Waals surface area contributed by atoms with E-state index in [9.17, 15) is 13.2 Å². The van der Waals surface area contributed by atoms with Crippen LogP contribution in [0.4, 0.5) is 5.13 Å². The number of sulfonamides is 1. The van der Waals surface area contributed by atoms with Crippen molar-refractivity contribution < 1.29 is 13.2 Å². The Labute approximate surface area is 196 Å². The quantitative estimate of drug-likeness (QED) is 0.350. The van der Waals surface area contributed by atoms with Crippen LogP contribution in [-0.2, 0) is 21.2 Å². The predicted octanol–water partition coefficient (Wildman–Crippen LogP) is 4.96. The molecule has 0 unspecified atom stereocenters. The number of amides is 1. The van der Waals surface area contributed by atoms with E-state index in [1.807, 2.05) is 55.5 Å². The van der Waals surface area contributed by atoms with Gasteiger partial charge in [0.1, 0.15) is 10.3 Å². The molecule has 10 heteroatoms. The zero-order valence-corrected chi connectivity index (χ0v) is 20.4. The van der Waals surface area contributed by atoms with Crippen LogP contribution < -0.4 is 10.0 Å². The standard InChI is InChI=1S/C21H18BrN3O3S3/c1-13-7-8-15-17(11-13)29-21(23-15)24-20(26)16(12-14-5-3-2-4-6-14)25-31(27,28)19-10-9-18(22)30-19/h2-11,16,25H,12H2,1H3,(H,23,24,26)/t16-/m0/s1. The van der Waals surface area contributed by atoms with E-state index in [0.717, 1.165) is 32.7 Å². The van der Waals surface area contributed by atoms with Crippen LogP contribution >= 0.6 is 38.6 Å². The number of aromatic nitrogens is 1. The summed E-state index contributed by atoms with van der Waals surface area (Å²) in [5.41, 5.74) is 2.73. The lowest BCUT2D eigenvalue weighted by Crippen LogP contribution is -2.45. The molecular formula is C21H18BrN3O3S3. The van der Waals surface area contributed by atoms with Gasteiger partial charge in [-0.2, -0.15) is 4.72 Å². The van der Waals surface area contributed by atoms with Gasteiger partial charge in [-0.1, -0.05) is 47.7 Å². The first-order valence-corrected chi connectivity index (χ1v) is 13.2. The number of hydrogen-bond acceptors (Lipinski definition) is 6. The van der Waals surface area contributed by atoms with Crippen LogP contribution in [-0.4, -0.2) is 25.4 Å². The number of carbonyl (C=O) groups excluding carboxylic acids is 1. The van der Waals surface area contributed by atoms with Gasteiger partial charge >= 0.3 is 0 Å². The second kappa shape index (κ2) is 9.17. The first-order chi connectivity index (χ1) is 14.8. The number of hydrogen-bond donors (Lipinski definition) is 2. The summed E-state index contributed by atoms with van der Waals surface area (Å²) in [6.45, 7) is 1.99. The van der Waals surface area contributed by atoms with Gasteiger partial charge in [0.25, 0.3) is 10.0 Å². The molecular weight excluding hydrogens is 518 g/mol. The first-order valence-electron chi connectivity index (χ1n) is 9.30. The SMILES string of the molecule is Cc1ccc2nc(NC(=O)[C@H](Cc3ccccc3)NS(=O)(=O)c3ccc(Br)s3)sc2c1. The molecule has 6 nitrogen and oxygen atoms in total.